The van der Waals surface area contributed by atoms with Gasteiger partial charge < -0.3 is 4.42 Å². The molecule has 2 aromatic carbocycles. The summed E-state index contributed by atoms with van der Waals surface area (Å²) in [5.41, 5.74) is 2.84. The van der Waals surface area contributed by atoms with Crippen molar-refractivity contribution in [3.05, 3.63) is 66.1 Å². The van der Waals surface area contributed by atoms with E-state index in [0.29, 0.717) is 22.7 Å². The Bertz CT molecular complexity index is 951. The maximum atomic E-state index is 12.2. The number of nitrogens with zero attached hydrogens (tertiary/aromatic N) is 4. The van der Waals surface area contributed by atoms with Gasteiger partial charge in [0, 0.05) is 5.56 Å². The van der Waals surface area contributed by atoms with E-state index >= 15 is 0 Å². The zero-order chi connectivity index (χ0) is 17.9. The first-order chi connectivity index (χ1) is 12.7. The molecule has 0 N–H and O–H groups in total. The van der Waals surface area contributed by atoms with Crippen molar-refractivity contribution in [2.45, 2.75) is 12.7 Å². The molecule has 0 aliphatic carbocycles. The van der Waals surface area contributed by atoms with Gasteiger partial charge in [0.15, 0.2) is 5.17 Å². The minimum atomic E-state index is -0.0353. The first-order valence-electron chi connectivity index (χ1n) is 8.15. The molecule has 0 atom stereocenters. The summed E-state index contributed by atoms with van der Waals surface area (Å²) in [6, 6.07) is 17.4. The summed E-state index contributed by atoms with van der Waals surface area (Å²) < 4.78 is 5.71. The van der Waals surface area contributed by atoms with Crippen LogP contribution in [0.2, 0.25) is 0 Å². The van der Waals surface area contributed by atoms with Crippen LogP contribution in [0.5, 0.6) is 0 Å². The van der Waals surface area contributed by atoms with Crippen molar-refractivity contribution in [2.75, 3.05) is 11.4 Å². The van der Waals surface area contributed by atoms with Crippen LogP contribution in [0.25, 0.3) is 11.5 Å². The van der Waals surface area contributed by atoms with Gasteiger partial charge in [0.05, 0.1) is 11.4 Å². The Morgan fingerprint density at radius 1 is 1.08 bits per heavy atom. The van der Waals surface area contributed by atoms with Gasteiger partial charge in [-0.1, -0.05) is 47.7 Å². The van der Waals surface area contributed by atoms with E-state index in [1.807, 2.05) is 61.5 Å². The molecule has 1 aliphatic rings. The van der Waals surface area contributed by atoms with Crippen LogP contribution in [0, 0.1) is 6.92 Å². The highest BCUT2D eigenvalue weighted by Gasteiger charge is 2.27. The van der Waals surface area contributed by atoms with Crippen molar-refractivity contribution in [1.82, 2.24) is 10.2 Å². The predicted octanol–water partition coefficient (Wildman–Crippen LogP) is 3.68. The largest absolute Gasteiger partial charge is 0.420 e. The molecule has 4 rings (SSSR count). The van der Waals surface area contributed by atoms with Crippen molar-refractivity contribution in [2.24, 2.45) is 4.99 Å². The molecule has 0 spiro atoms. The van der Waals surface area contributed by atoms with Gasteiger partial charge >= 0.3 is 0 Å². The molecule has 0 saturated heterocycles. The van der Waals surface area contributed by atoms with Crippen LogP contribution in [-0.4, -0.2) is 27.8 Å². The molecule has 0 bridgehead atoms. The second kappa shape index (κ2) is 7.13. The van der Waals surface area contributed by atoms with Crippen LogP contribution in [0.4, 0.5) is 5.69 Å². The number of thioether (sulfide) groups is 1. The number of aromatic nitrogens is 2. The summed E-state index contributed by atoms with van der Waals surface area (Å²) in [6.45, 7) is 2.18. The number of amidine groups is 1. The standard InChI is InChI=1S/C19H16N4O2S/c1-13-7-9-15(10-8-13)23-17(24)11-20-19(23)26-12-16-21-22-18(25-16)14-5-3-2-4-6-14/h2-10H,11-12H2,1H3. The molecule has 0 fully saturated rings. The van der Waals surface area contributed by atoms with Crippen LogP contribution in [-0.2, 0) is 10.5 Å². The Labute approximate surface area is 155 Å². The van der Waals surface area contributed by atoms with Crippen molar-refractivity contribution < 1.29 is 9.21 Å². The van der Waals surface area contributed by atoms with Gasteiger partial charge in [0.1, 0.15) is 6.54 Å². The number of amides is 1. The second-order valence-electron chi connectivity index (χ2n) is 5.82. The quantitative estimate of drug-likeness (QED) is 0.706. The third-order valence-corrected chi connectivity index (χ3v) is 4.86. The lowest BCUT2D eigenvalue weighted by molar-refractivity contribution is -0.115. The van der Waals surface area contributed by atoms with Crippen LogP contribution in [0.15, 0.2) is 64.0 Å². The number of carbonyl (C=O) groups excluding carboxylic acids is 1. The third kappa shape index (κ3) is 3.39. The van der Waals surface area contributed by atoms with Crippen molar-refractivity contribution in [3.8, 4) is 11.5 Å². The molecule has 1 aliphatic heterocycles. The Hall–Kier alpha value is -2.93. The highest BCUT2D eigenvalue weighted by Crippen LogP contribution is 2.27. The second-order valence-corrected chi connectivity index (χ2v) is 6.76. The third-order valence-electron chi connectivity index (χ3n) is 3.89. The number of aliphatic imine (C=N–C) groups is 1. The topological polar surface area (TPSA) is 71.6 Å². The average molecular weight is 364 g/mol. The van der Waals surface area contributed by atoms with Gasteiger partial charge in [-0.2, -0.15) is 0 Å². The lowest BCUT2D eigenvalue weighted by Crippen LogP contribution is -2.30. The molecule has 0 unspecified atom stereocenters. The van der Waals surface area contributed by atoms with E-state index in [4.69, 9.17) is 4.42 Å². The van der Waals surface area contributed by atoms with E-state index in [0.717, 1.165) is 16.8 Å². The molecule has 130 valence electrons. The Kier molecular flexibility index (Phi) is 4.53. The van der Waals surface area contributed by atoms with Crippen molar-refractivity contribution >= 4 is 28.5 Å². The normalized spacial score (nSPS) is 14.0. The molecule has 2 heterocycles. The van der Waals surface area contributed by atoms with E-state index in [1.54, 1.807) is 4.90 Å². The summed E-state index contributed by atoms with van der Waals surface area (Å²) >= 11 is 1.42. The van der Waals surface area contributed by atoms with Gasteiger partial charge in [-0.05, 0) is 31.2 Å². The summed E-state index contributed by atoms with van der Waals surface area (Å²) in [6.07, 6.45) is 0. The van der Waals surface area contributed by atoms with Crippen molar-refractivity contribution in [1.29, 1.82) is 0 Å². The summed E-state index contributed by atoms with van der Waals surface area (Å²) in [7, 11) is 0. The molecule has 1 aromatic heterocycles. The fraction of sp³-hybridized carbons (Fsp3) is 0.158. The fourth-order valence-electron chi connectivity index (χ4n) is 2.58. The predicted molar refractivity (Wildman–Crippen MR) is 102 cm³/mol. The van der Waals surface area contributed by atoms with Gasteiger partial charge in [-0.15, -0.1) is 10.2 Å². The molecule has 0 saturated carbocycles. The van der Waals surface area contributed by atoms with E-state index in [1.165, 1.54) is 11.8 Å². The molecular weight excluding hydrogens is 348 g/mol. The van der Waals surface area contributed by atoms with Crippen LogP contribution in [0.3, 0.4) is 0 Å². The van der Waals surface area contributed by atoms with E-state index in [2.05, 4.69) is 15.2 Å². The molecule has 3 aromatic rings. The van der Waals surface area contributed by atoms with Crippen LogP contribution in [0.1, 0.15) is 11.5 Å². The molecule has 1 amide bonds. The zero-order valence-electron chi connectivity index (χ0n) is 14.1. The molecule has 26 heavy (non-hydrogen) atoms. The first kappa shape index (κ1) is 16.5. The number of rotatable bonds is 4. The van der Waals surface area contributed by atoms with Crippen LogP contribution < -0.4 is 4.90 Å². The first-order valence-corrected chi connectivity index (χ1v) is 9.14. The number of hydrogen-bond donors (Lipinski definition) is 0. The summed E-state index contributed by atoms with van der Waals surface area (Å²) in [4.78, 5) is 18.2. The number of anilines is 1. The maximum Gasteiger partial charge on any atom is 0.254 e. The Morgan fingerprint density at radius 3 is 2.62 bits per heavy atom. The zero-order valence-corrected chi connectivity index (χ0v) is 14.9. The van der Waals surface area contributed by atoms with Gasteiger partial charge in [0.25, 0.3) is 5.91 Å². The van der Waals surface area contributed by atoms with E-state index in [9.17, 15) is 4.79 Å². The SMILES string of the molecule is Cc1ccc(N2C(=O)CN=C2SCc2nnc(-c3ccccc3)o2)cc1. The lowest BCUT2D eigenvalue weighted by atomic mass is 10.2. The van der Waals surface area contributed by atoms with E-state index in [-0.39, 0.29) is 12.5 Å². The highest BCUT2D eigenvalue weighted by atomic mass is 32.2. The average Bonchev–Trinajstić information content (AvgIpc) is 3.28. The van der Waals surface area contributed by atoms with E-state index < -0.39 is 0 Å². The fourth-order valence-corrected chi connectivity index (χ4v) is 3.44. The smallest absolute Gasteiger partial charge is 0.254 e. The minimum Gasteiger partial charge on any atom is -0.420 e. The molecule has 0 radical (unpaired) electrons. The van der Waals surface area contributed by atoms with Gasteiger partial charge in [0.2, 0.25) is 11.8 Å². The minimum absolute atomic E-state index is 0.0353. The number of aryl methyl sites for hydroxylation is 1. The summed E-state index contributed by atoms with van der Waals surface area (Å²) in [5, 5.41) is 8.82. The van der Waals surface area contributed by atoms with Gasteiger partial charge in [-0.25, -0.2) is 0 Å². The number of benzene rings is 2. The number of carbonyl (C=O) groups is 1. The monoisotopic (exact) mass is 364 g/mol. The van der Waals surface area contributed by atoms with Crippen LogP contribution >= 0.6 is 11.8 Å². The highest BCUT2D eigenvalue weighted by molar-refractivity contribution is 8.13. The Balaban J connectivity index is 1.46. The molecular formula is C19H16N4O2S. The lowest BCUT2D eigenvalue weighted by Gasteiger charge is -2.17. The molecule has 6 nitrogen and oxygen atoms in total. The van der Waals surface area contributed by atoms with Crippen molar-refractivity contribution in [3.63, 3.8) is 0 Å². The Morgan fingerprint density at radius 2 is 1.85 bits per heavy atom. The maximum absolute atomic E-state index is 12.2. The summed E-state index contributed by atoms with van der Waals surface area (Å²) in [5.74, 6) is 1.40. The number of hydrogen-bond acceptors (Lipinski definition) is 6. The van der Waals surface area contributed by atoms with Gasteiger partial charge in [-0.3, -0.25) is 14.7 Å². The molecule has 7 heteroatoms.